The summed E-state index contributed by atoms with van der Waals surface area (Å²) in [5.74, 6) is 0.863. The molecular weight excluding hydrogens is 454 g/mol. The summed E-state index contributed by atoms with van der Waals surface area (Å²) in [5, 5.41) is 5.60. The van der Waals surface area contributed by atoms with Gasteiger partial charge in [-0.1, -0.05) is 29.8 Å². The fourth-order valence-corrected chi connectivity index (χ4v) is 4.94. The third kappa shape index (κ3) is 6.13. The van der Waals surface area contributed by atoms with E-state index in [-0.39, 0.29) is 28.7 Å². The number of ether oxygens (including phenoxy) is 2. The zero-order valence-electron chi connectivity index (χ0n) is 18.2. The number of sulfonamides is 1. The predicted molar refractivity (Wildman–Crippen MR) is 124 cm³/mol. The number of urea groups is 1. The predicted octanol–water partition coefficient (Wildman–Crippen LogP) is 3.57. The Labute approximate surface area is 193 Å². The van der Waals surface area contributed by atoms with Gasteiger partial charge in [0.2, 0.25) is 10.0 Å². The number of halogens is 1. The number of morpholine rings is 1. The summed E-state index contributed by atoms with van der Waals surface area (Å²) in [7, 11) is -3.69. The number of para-hydroxylation sites is 1. The molecular formula is C22H28ClN3O5S. The molecule has 2 amide bonds. The van der Waals surface area contributed by atoms with E-state index in [4.69, 9.17) is 21.1 Å². The second-order valence-corrected chi connectivity index (χ2v) is 9.81. The van der Waals surface area contributed by atoms with E-state index >= 15 is 0 Å². The van der Waals surface area contributed by atoms with Crippen molar-refractivity contribution in [1.82, 2.24) is 9.62 Å². The molecule has 2 N–H and O–H groups in total. The maximum Gasteiger partial charge on any atom is 0.319 e. The Balaban J connectivity index is 1.52. The first-order chi connectivity index (χ1) is 15.3. The summed E-state index contributed by atoms with van der Waals surface area (Å²) in [4.78, 5) is 12.3. The van der Waals surface area contributed by atoms with Crippen LogP contribution in [0.15, 0.2) is 41.3 Å². The van der Waals surface area contributed by atoms with Gasteiger partial charge in [-0.25, -0.2) is 13.2 Å². The van der Waals surface area contributed by atoms with Crippen LogP contribution >= 0.6 is 11.6 Å². The molecule has 1 aliphatic heterocycles. The minimum atomic E-state index is -3.69. The zero-order chi connectivity index (χ0) is 23.1. The van der Waals surface area contributed by atoms with E-state index in [0.717, 1.165) is 16.9 Å². The first kappa shape index (κ1) is 24.3. The number of anilines is 1. The van der Waals surface area contributed by atoms with Gasteiger partial charge in [0, 0.05) is 19.6 Å². The summed E-state index contributed by atoms with van der Waals surface area (Å²) in [6.45, 7) is 6.12. The third-order valence-corrected chi connectivity index (χ3v) is 7.28. The highest BCUT2D eigenvalue weighted by atomic mass is 35.5. The van der Waals surface area contributed by atoms with Crippen molar-refractivity contribution in [3.63, 3.8) is 0 Å². The van der Waals surface area contributed by atoms with Crippen molar-refractivity contribution in [3.8, 4) is 5.75 Å². The lowest BCUT2D eigenvalue weighted by atomic mass is 10.1. The largest absolute Gasteiger partial charge is 0.493 e. The fraction of sp³-hybridized carbons (Fsp3) is 0.409. The van der Waals surface area contributed by atoms with Crippen LogP contribution in [-0.2, 0) is 14.8 Å². The summed E-state index contributed by atoms with van der Waals surface area (Å²) >= 11 is 6.17. The van der Waals surface area contributed by atoms with Crippen LogP contribution in [0.5, 0.6) is 5.75 Å². The van der Waals surface area contributed by atoms with Gasteiger partial charge in [-0.3, -0.25) is 0 Å². The lowest BCUT2D eigenvalue weighted by Crippen LogP contribution is -2.40. The van der Waals surface area contributed by atoms with Gasteiger partial charge in [-0.2, -0.15) is 4.31 Å². The first-order valence-corrected chi connectivity index (χ1v) is 12.2. The minimum Gasteiger partial charge on any atom is -0.493 e. The summed E-state index contributed by atoms with van der Waals surface area (Å²) in [5.41, 5.74) is 2.36. The van der Waals surface area contributed by atoms with Gasteiger partial charge in [-0.15, -0.1) is 0 Å². The number of hydrogen-bond acceptors (Lipinski definition) is 5. The average molecular weight is 482 g/mol. The quantitative estimate of drug-likeness (QED) is 0.562. The maximum atomic E-state index is 12.8. The molecule has 0 atom stereocenters. The van der Waals surface area contributed by atoms with Crippen molar-refractivity contribution >= 4 is 33.3 Å². The Morgan fingerprint density at radius 3 is 2.53 bits per heavy atom. The zero-order valence-corrected chi connectivity index (χ0v) is 19.8. The van der Waals surface area contributed by atoms with Gasteiger partial charge in [0.25, 0.3) is 0 Å². The van der Waals surface area contributed by atoms with Gasteiger partial charge >= 0.3 is 6.03 Å². The molecule has 1 aliphatic rings. The highest BCUT2D eigenvalue weighted by Gasteiger charge is 2.27. The molecule has 0 spiro atoms. The van der Waals surface area contributed by atoms with Crippen LogP contribution in [0.4, 0.5) is 10.5 Å². The highest BCUT2D eigenvalue weighted by molar-refractivity contribution is 7.89. The SMILES string of the molecule is Cc1cccc(C)c1OCCCNC(=O)Nc1cc(S(=O)(=O)N2CCOCC2)ccc1Cl. The Bertz CT molecular complexity index is 1040. The number of nitrogens with zero attached hydrogens (tertiary/aromatic N) is 1. The molecule has 10 heteroatoms. The molecule has 1 heterocycles. The van der Waals surface area contributed by atoms with Gasteiger partial charge in [0.1, 0.15) is 5.75 Å². The smallest absolute Gasteiger partial charge is 0.319 e. The van der Waals surface area contributed by atoms with Crippen LogP contribution < -0.4 is 15.4 Å². The molecule has 0 aromatic heterocycles. The van der Waals surface area contributed by atoms with Crippen LogP contribution in [0.1, 0.15) is 17.5 Å². The van der Waals surface area contributed by atoms with Crippen LogP contribution in [0, 0.1) is 13.8 Å². The number of carbonyl (C=O) groups excluding carboxylic acids is 1. The molecule has 1 saturated heterocycles. The maximum absolute atomic E-state index is 12.8. The van der Waals surface area contributed by atoms with E-state index in [1.165, 1.54) is 22.5 Å². The van der Waals surface area contributed by atoms with Crippen molar-refractivity contribution in [2.75, 3.05) is 44.8 Å². The van der Waals surface area contributed by atoms with Crippen LogP contribution in [0.25, 0.3) is 0 Å². The van der Waals surface area contributed by atoms with Crippen LogP contribution in [-0.4, -0.2) is 58.2 Å². The van der Waals surface area contributed by atoms with Crippen molar-refractivity contribution < 1.29 is 22.7 Å². The second kappa shape index (κ2) is 11.0. The van der Waals surface area contributed by atoms with Crippen molar-refractivity contribution in [2.24, 2.45) is 0 Å². The molecule has 8 nitrogen and oxygen atoms in total. The summed E-state index contributed by atoms with van der Waals surface area (Å²) in [6, 6.07) is 9.76. The molecule has 3 rings (SSSR count). The highest BCUT2D eigenvalue weighted by Crippen LogP contribution is 2.27. The minimum absolute atomic E-state index is 0.0705. The van der Waals surface area contributed by atoms with Gasteiger partial charge in [0.05, 0.1) is 35.4 Å². The number of hydrogen-bond donors (Lipinski definition) is 2. The number of nitrogens with one attached hydrogen (secondary N) is 2. The molecule has 0 saturated carbocycles. The van der Waals surface area contributed by atoms with E-state index in [2.05, 4.69) is 10.6 Å². The molecule has 1 fully saturated rings. The molecule has 0 aliphatic carbocycles. The molecule has 2 aromatic rings. The molecule has 0 bridgehead atoms. The number of rotatable bonds is 8. The summed E-state index contributed by atoms with van der Waals surface area (Å²) < 4.78 is 38.1. The number of amides is 2. The fourth-order valence-electron chi connectivity index (χ4n) is 3.34. The van der Waals surface area contributed by atoms with Crippen molar-refractivity contribution in [2.45, 2.75) is 25.2 Å². The first-order valence-electron chi connectivity index (χ1n) is 10.4. The lowest BCUT2D eigenvalue weighted by Gasteiger charge is -2.26. The number of carbonyl (C=O) groups is 1. The van der Waals surface area contributed by atoms with E-state index in [0.29, 0.717) is 32.8 Å². The van der Waals surface area contributed by atoms with E-state index in [1.54, 1.807) is 0 Å². The molecule has 2 aromatic carbocycles. The lowest BCUT2D eigenvalue weighted by molar-refractivity contribution is 0.0730. The van der Waals surface area contributed by atoms with Crippen LogP contribution in [0.3, 0.4) is 0 Å². The number of aryl methyl sites for hydroxylation is 2. The molecule has 174 valence electrons. The standard InChI is InChI=1S/C22H28ClN3O5S/c1-16-5-3-6-17(2)21(16)31-12-4-9-24-22(27)25-20-15-18(7-8-19(20)23)32(28,29)26-10-13-30-14-11-26/h3,5-8,15H,4,9-14H2,1-2H3,(H2,24,25,27). The van der Waals surface area contributed by atoms with E-state index in [9.17, 15) is 13.2 Å². The summed E-state index contributed by atoms with van der Waals surface area (Å²) in [6.07, 6.45) is 0.611. The molecule has 32 heavy (non-hydrogen) atoms. The van der Waals surface area contributed by atoms with Crippen molar-refractivity contribution in [3.05, 3.63) is 52.5 Å². The Morgan fingerprint density at radius 2 is 1.84 bits per heavy atom. The Hall–Kier alpha value is -2.33. The number of benzene rings is 2. The third-order valence-electron chi connectivity index (χ3n) is 5.06. The van der Waals surface area contributed by atoms with Crippen molar-refractivity contribution in [1.29, 1.82) is 0 Å². The monoisotopic (exact) mass is 481 g/mol. The van der Waals surface area contributed by atoms with Gasteiger partial charge in [-0.05, 0) is 49.6 Å². The van der Waals surface area contributed by atoms with E-state index < -0.39 is 16.1 Å². The van der Waals surface area contributed by atoms with Gasteiger partial charge < -0.3 is 20.1 Å². The normalized spacial score (nSPS) is 14.7. The van der Waals surface area contributed by atoms with Gasteiger partial charge in [0.15, 0.2) is 0 Å². The average Bonchev–Trinajstić information content (AvgIpc) is 2.77. The Kier molecular flexibility index (Phi) is 8.36. The second-order valence-electron chi connectivity index (χ2n) is 7.46. The topological polar surface area (TPSA) is 97.0 Å². The molecule has 0 unspecified atom stereocenters. The molecule has 0 radical (unpaired) electrons. The van der Waals surface area contributed by atoms with Crippen LogP contribution in [0.2, 0.25) is 5.02 Å². The Morgan fingerprint density at radius 1 is 1.16 bits per heavy atom. The van der Waals surface area contributed by atoms with E-state index in [1.807, 2.05) is 32.0 Å².